The van der Waals surface area contributed by atoms with Crippen LogP contribution in [0.5, 0.6) is 5.75 Å². The van der Waals surface area contributed by atoms with Gasteiger partial charge in [-0.25, -0.2) is 0 Å². The Labute approximate surface area is 138 Å². The molecule has 0 radical (unpaired) electrons. The third-order valence-corrected chi connectivity index (χ3v) is 3.21. The number of nitriles is 1. The lowest BCUT2D eigenvalue weighted by molar-refractivity contribution is -0.117. The van der Waals surface area contributed by atoms with Gasteiger partial charge in [-0.05, 0) is 60.2 Å². The van der Waals surface area contributed by atoms with Crippen LogP contribution in [0.25, 0.3) is 6.08 Å². The van der Waals surface area contributed by atoms with Gasteiger partial charge in [0.2, 0.25) is 0 Å². The first kappa shape index (κ1) is 17.1. The minimum atomic E-state index is -0.379. The van der Waals surface area contributed by atoms with E-state index in [0.29, 0.717) is 5.75 Å². The molecule has 0 saturated heterocycles. The van der Waals surface area contributed by atoms with Crippen LogP contribution >= 0.6 is 22.6 Å². The van der Waals surface area contributed by atoms with Crippen LogP contribution in [0.2, 0.25) is 0 Å². The average molecular weight is 394 g/mol. The van der Waals surface area contributed by atoms with Gasteiger partial charge < -0.3 is 10.1 Å². The van der Waals surface area contributed by atoms with Gasteiger partial charge in [0.15, 0.2) is 0 Å². The highest BCUT2D eigenvalue weighted by atomic mass is 127. The van der Waals surface area contributed by atoms with Crippen LogP contribution in [-0.4, -0.2) is 18.6 Å². The first-order chi connectivity index (χ1) is 9.97. The summed E-state index contributed by atoms with van der Waals surface area (Å²) in [5, 5.41) is 11.8. The molecule has 0 aliphatic heterocycles. The van der Waals surface area contributed by atoms with Gasteiger partial charge in [-0.1, -0.05) is 12.0 Å². The highest BCUT2D eigenvalue weighted by Gasteiger charge is 2.10. The fourth-order valence-corrected chi connectivity index (χ4v) is 2.19. The fraction of sp³-hybridized carbons (Fsp3) is 0.250. The van der Waals surface area contributed by atoms with Crippen molar-refractivity contribution in [3.63, 3.8) is 0 Å². The summed E-state index contributed by atoms with van der Waals surface area (Å²) in [5.41, 5.74) is 0.819. The number of nitrogens with zero attached hydrogens (tertiary/aromatic N) is 1. The molecule has 0 aliphatic carbocycles. The number of carbonyl (C=O) groups is 1. The van der Waals surface area contributed by atoms with Gasteiger partial charge in [-0.15, -0.1) is 6.42 Å². The Morgan fingerprint density at radius 3 is 2.81 bits per heavy atom. The standard InChI is InChI=1S/C16H15IN2O2/c1-4-7-21-15-6-5-12(9-14(15)17)8-13(10-18)16(20)19-11(2)3/h1,5-6,8-9,11H,7H2,2-3H3,(H,19,20)/b13-8-. The molecule has 0 heterocycles. The zero-order valence-electron chi connectivity index (χ0n) is 11.8. The molecule has 0 atom stereocenters. The molecular formula is C16H15IN2O2. The molecule has 0 spiro atoms. The third-order valence-electron chi connectivity index (χ3n) is 2.36. The van der Waals surface area contributed by atoms with E-state index in [1.807, 2.05) is 26.0 Å². The van der Waals surface area contributed by atoms with E-state index >= 15 is 0 Å². The van der Waals surface area contributed by atoms with Crippen LogP contribution in [0.15, 0.2) is 23.8 Å². The molecule has 1 amide bonds. The molecule has 0 saturated carbocycles. The summed E-state index contributed by atoms with van der Waals surface area (Å²) in [7, 11) is 0. The molecular weight excluding hydrogens is 379 g/mol. The number of terminal acetylenes is 1. The predicted octanol–water partition coefficient (Wildman–Crippen LogP) is 2.73. The van der Waals surface area contributed by atoms with Crippen molar-refractivity contribution in [2.45, 2.75) is 19.9 Å². The van der Waals surface area contributed by atoms with Crippen molar-refractivity contribution in [1.29, 1.82) is 5.26 Å². The number of rotatable bonds is 5. The van der Waals surface area contributed by atoms with Crippen molar-refractivity contribution in [3.05, 3.63) is 32.9 Å². The normalized spacial score (nSPS) is 10.7. The summed E-state index contributed by atoms with van der Waals surface area (Å²) < 4.78 is 6.22. The van der Waals surface area contributed by atoms with Gasteiger partial charge in [0, 0.05) is 6.04 Å². The Morgan fingerprint density at radius 1 is 1.57 bits per heavy atom. The van der Waals surface area contributed by atoms with E-state index in [1.165, 1.54) is 0 Å². The maximum atomic E-state index is 11.8. The van der Waals surface area contributed by atoms with Gasteiger partial charge in [0.05, 0.1) is 3.57 Å². The summed E-state index contributed by atoms with van der Waals surface area (Å²) in [6, 6.07) is 7.26. The lowest BCUT2D eigenvalue weighted by Crippen LogP contribution is -2.30. The lowest BCUT2D eigenvalue weighted by Gasteiger charge is -2.08. The number of carbonyl (C=O) groups excluding carboxylic acids is 1. The van der Waals surface area contributed by atoms with Crippen molar-refractivity contribution in [2.75, 3.05) is 6.61 Å². The van der Waals surface area contributed by atoms with Gasteiger partial charge in [-0.2, -0.15) is 5.26 Å². The van der Waals surface area contributed by atoms with E-state index in [-0.39, 0.29) is 24.1 Å². The van der Waals surface area contributed by atoms with E-state index in [9.17, 15) is 4.79 Å². The van der Waals surface area contributed by atoms with Crippen molar-refractivity contribution >= 4 is 34.6 Å². The molecule has 108 valence electrons. The predicted molar refractivity (Wildman–Crippen MR) is 90.4 cm³/mol. The zero-order valence-corrected chi connectivity index (χ0v) is 14.0. The van der Waals surface area contributed by atoms with E-state index in [1.54, 1.807) is 18.2 Å². The van der Waals surface area contributed by atoms with Gasteiger partial charge in [-0.3, -0.25) is 4.79 Å². The summed E-state index contributed by atoms with van der Waals surface area (Å²) in [5.74, 6) is 2.70. The van der Waals surface area contributed by atoms with Gasteiger partial charge >= 0.3 is 0 Å². The number of amides is 1. The monoisotopic (exact) mass is 394 g/mol. The van der Waals surface area contributed by atoms with E-state index < -0.39 is 0 Å². The second kappa shape index (κ2) is 8.33. The van der Waals surface area contributed by atoms with Gasteiger partial charge in [0.25, 0.3) is 5.91 Å². The summed E-state index contributed by atoms with van der Waals surface area (Å²) in [6.45, 7) is 3.88. The molecule has 1 rings (SSSR count). The van der Waals surface area contributed by atoms with Crippen molar-refractivity contribution in [3.8, 4) is 24.2 Å². The average Bonchev–Trinajstić information content (AvgIpc) is 2.43. The molecule has 0 aromatic heterocycles. The molecule has 21 heavy (non-hydrogen) atoms. The maximum absolute atomic E-state index is 11.8. The molecule has 0 bridgehead atoms. The van der Waals surface area contributed by atoms with Crippen molar-refractivity contribution in [1.82, 2.24) is 5.32 Å². The molecule has 1 aromatic rings. The summed E-state index contributed by atoms with van der Waals surface area (Å²) in [6.07, 6.45) is 6.69. The Hall–Kier alpha value is -1.99. The molecule has 0 aliphatic rings. The molecule has 0 unspecified atom stereocenters. The summed E-state index contributed by atoms with van der Waals surface area (Å²) in [4.78, 5) is 11.8. The van der Waals surface area contributed by atoms with Crippen LogP contribution in [0, 0.1) is 27.2 Å². The van der Waals surface area contributed by atoms with Crippen LogP contribution in [-0.2, 0) is 4.79 Å². The first-order valence-corrected chi connectivity index (χ1v) is 7.34. The van der Waals surface area contributed by atoms with Crippen LogP contribution in [0.1, 0.15) is 19.4 Å². The molecule has 0 fully saturated rings. The Kier molecular flexibility index (Phi) is 6.77. The van der Waals surface area contributed by atoms with Crippen molar-refractivity contribution in [2.24, 2.45) is 0 Å². The zero-order chi connectivity index (χ0) is 15.8. The maximum Gasteiger partial charge on any atom is 0.262 e. The van der Waals surface area contributed by atoms with Crippen LogP contribution in [0.4, 0.5) is 0 Å². The number of benzene rings is 1. The lowest BCUT2D eigenvalue weighted by atomic mass is 10.1. The number of hydrogen-bond donors (Lipinski definition) is 1. The van der Waals surface area contributed by atoms with E-state index in [4.69, 9.17) is 16.4 Å². The Balaban J connectivity index is 2.98. The smallest absolute Gasteiger partial charge is 0.262 e. The van der Waals surface area contributed by atoms with E-state index in [2.05, 4.69) is 33.8 Å². The molecule has 1 aromatic carbocycles. The second-order valence-corrected chi connectivity index (χ2v) is 5.64. The second-order valence-electron chi connectivity index (χ2n) is 4.48. The Bertz CT molecular complexity index is 637. The Morgan fingerprint density at radius 2 is 2.29 bits per heavy atom. The van der Waals surface area contributed by atoms with Gasteiger partial charge in [0.1, 0.15) is 24.0 Å². The molecule has 1 N–H and O–H groups in total. The quantitative estimate of drug-likeness (QED) is 0.362. The largest absolute Gasteiger partial charge is 0.480 e. The first-order valence-electron chi connectivity index (χ1n) is 6.26. The highest BCUT2D eigenvalue weighted by Crippen LogP contribution is 2.23. The van der Waals surface area contributed by atoms with Crippen LogP contribution in [0.3, 0.4) is 0 Å². The number of hydrogen-bond acceptors (Lipinski definition) is 3. The highest BCUT2D eigenvalue weighted by molar-refractivity contribution is 14.1. The topological polar surface area (TPSA) is 62.1 Å². The molecule has 4 nitrogen and oxygen atoms in total. The van der Waals surface area contributed by atoms with Crippen LogP contribution < -0.4 is 10.1 Å². The fourth-order valence-electron chi connectivity index (χ4n) is 1.50. The van der Waals surface area contributed by atoms with E-state index in [0.717, 1.165) is 9.13 Å². The minimum absolute atomic E-state index is 0.0195. The third kappa shape index (κ3) is 5.49. The number of halogens is 1. The summed E-state index contributed by atoms with van der Waals surface area (Å²) >= 11 is 2.12. The number of ether oxygens (including phenoxy) is 1. The minimum Gasteiger partial charge on any atom is -0.480 e. The van der Waals surface area contributed by atoms with Crippen molar-refractivity contribution < 1.29 is 9.53 Å². The number of nitrogens with one attached hydrogen (secondary N) is 1. The molecule has 5 heteroatoms. The SMILES string of the molecule is C#CCOc1ccc(/C=C(/C#N)C(=O)NC(C)C)cc1I.